The van der Waals surface area contributed by atoms with E-state index >= 15 is 0 Å². The number of amides is 1. The van der Waals surface area contributed by atoms with E-state index in [1.54, 1.807) is 0 Å². The van der Waals surface area contributed by atoms with Crippen molar-refractivity contribution in [3.8, 4) is 0 Å². The second-order valence-electron chi connectivity index (χ2n) is 3.43. The average molecular weight is 258 g/mol. The highest BCUT2D eigenvalue weighted by molar-refractivity contribution is 5.99. The number of benzene rings is 1. The number of nitro benzene ring substituents is 1. The van der Waals surface area contributed by atoms with Gasteiger partial charge in [-0.25, -0.2) is 8.78 Å². The molecule has 0 unspecified atom stereocenters. The zero-order valence-electron chi connectivity index (χ0n) is 9.20. The van der Waals surface area contributed by atoms with Crippen LogP contribution in [0.25, 0.3) is 0 Å². The Labute approximate surface area is 99.7 Å². The summed E-state index contributed by atoms with van der Waals surface area (Å²) in [5.41, 5.74) is -1.50. The molecule has 8 heteroatoms. The van der Waals surface area contributed by atoms with Crippen LogP contribution in [0.5, 0.6) is 0 Å². The van der Waals surface area contributed by atoms with Gasteiger partial charge in [0.1, 0.15) is 11.3 Å². The van der Waals surface area contributed by atoms with Gasteiger partial charge < -0.3 is 5.32 Å². The van der Waals surface area contributed by atoms with Crippen molar-refractivity contribution in [3.05, 3.63) is 39.4 Å². The quantitative estimate of drug-likeness (QED) is 0.648. The third-order valence-corrected chi connectivity index (χ3v) is 1.98. The van der Waals surface area contributed by atoms with Gasteiger partial charge in [-0.1, -0.05) is 0 Å². The number of nitro groups is 1. The summed E-state index contributed by atoms with van der Waals surface area (Å²) < 4.78 is 25.8. The van der Waals surface area contributed by atoms with Crippen molar-refractivity contribution in [3.63, 3.8) is 0 Å². The average Bonchev–Trinajstić information content (AvgIpc) is 2.28. The van der Waals surface area contributed by atoms with Crippen LogP contribution in [0.15, 0.2) is 12.1 Å². The molecule has 0 radical (unpaired) electrons. The van der Waals surface area contributed by atoms with E-state index in [1.165, 1.54) is 6.92 Å². The van der Waals surface area contributed by atoms with Gasteiger partial charge in [0.15, 0.2) is 11.6 Å². The molecule has 0 spiro atoms. The van der Waals surface area contributed by atoms with E-state index in [0.717, 1.165) is 0 Å². The molecule has 0 saturated heterocycles. The van der Waals surface area contributed by atoms with E-state index in [0.29, 0.717) is 12.1 Å². The molecule has 1 N–H and O–H groups in total. The predicted octanol–water partition coefficient (Wildman–Crippen LogP) is 1.19. The Morgan fingerprint density at radius 3 is 2.39 bits per heavy atom. The molecule has 96 valence electrons. The van der Waals surface area contributed by atoms with Crippen LogP contribution in [0.4, 0.5) is 14.5 Å². The van der Waals surface area contributed by atoms with Crippen molar-refractivity contribution in [2.45, 2.75) is 6.92 Å². The number of halogens is 2. The van der Waals surface area contributed by atoms with Crippen LogP contribution in [0.1, 0.15) is 17.3 Å². The molecule has 1 rings (SSSR count). The van der Waals surface area contributed by atoms with Crippen molar-refractivity contribution in [2.24, 2.45) is 0 Å². The first-order valence-electron chi connectivity index (χ1n) is 4.74. The minimum Gasteiger partial charge on any atom is -0.345 e. The normalized spacial score (nSPS) is 9.94. The van der Waals surface area contributed by atoms with Gasteiger partial charge in [0.05, 0.1) is 17.5 Å². The Bertz CT molecular complexity index is 531. The Hall–Kier alpha value is -2.38. The molecule has 1 aromatic rings. The standard InChI is InChI=1S/C10H8F2N2O4/c1-5(15)4-13-10(16)6-2-7(11)8(12)3-9(6)14(17)18/h2-3H,4H2,1H3,(H,13,16). The summed E-state index contributed by atoms with van der Waals surface area (Å²) in [6.45, 7) is 0.842. The Morgan fingerprint density at radius 1 is 1.33 bits per heavy atom. The van der Waals surface area contributed by atoms with Crippen molar-refractivity contribution in [1.29, 1.82) is 0 Å². The third-order valence-electron chi connectivity index (χ3n) is 1.98. The zero-order valence-corrected chi connectivity index (χ0v) is 9.20. The molecule has 0 bridgehead atoms. The lowest BCUT2D eigenvalue weighted by atomic mass is 10.1. The molecule has 0 aliphatic rings. The topological polar surface area (TPSA) is 89.3 Å². The molecule has 0 aliphatic carbocycles. The molecule has 0 heterocycles. The highest BCUT2D eigenvalue weighted by atomic mass is 19.2. The van der Waals surface area contributed by atoms with E-state index in [9.17, 15) is 28.5 Å². The fraction of sp³-hybridized carbons (Fsp3) is 0.200. The summed E-state index contributed by atoms with van der Waals surface area (Å²) in [6, 6.07) is 0.737. The van der Waals surface area contributed by atoms with Gasteiger partial charge >= 0.3 is 0 Å². The minimum absolute atomic E-state index is 0.317. The van der Waals surface area contributed by atoms with Crippen molar-refractivity contribution >= 4 is 17.4 Å². The van der Waals surface area contributed by atoms with Crippen LogP contribution in [-0.2, 0) is 4.79 Å². The summed E-state index contributed by atoms with van der Waals surface area (Å²) >= 11 is 0. The van der Waals surface area contributed by atoms with E-state index in [1.807, 2.05) is 0 Å². The molecule has 1 aromatic carbocycles. The molecule has 6 nitrogen and oxygen atoms in total. The maximum Gasteiger partial charge on any atom is 0.285 e. The fourth-order valence-electron chi connectivity index (χ4n) is 1.17. The summed E-state index contributed by atoms with van der Waals surface area (Å²) in [4.78, 5) is 31.7. The first kappa shape index (κ1) is 13.7. The molecule has 0 fully saturated rings. The van der Waals surface area contributed by atoms with Gasteiger partial charge in [0.2, 0.25) is 0 Å². The molecule has 0 aliphatic heterocycles. The van der Waals surface area contributed by atoms with Crippen LogP contribution in [0, 0.1) is 21.7 Å². The van der Waals surface area contributed by atoms with Gasteiger partial charge in [-0.15, -0.1) is 0 Å². The number of rotatable bonds is 4. The van der Waals surface area contributed by atoms with Crippen molar-refractivity contribution < 1.29 is 23.3 Å². The molecule has 0 atom stereocenters. The smallest absolute Gasteiger partial charge is 0.285 e. The second kappa shape index (κ2) is 5.30. The van der Waals surface area contributed by atoms with E-state index in [-0.39, 0.29) is 12.3 Å². The molecule has 0 saturated carbocycles. The molecular weight excluding hydrogens is 250 g/mol. The first-order valence-corrected chi connectivity index (χ1v) is 4.74. The van der Waals surface area contributed by atoms with Gasteiger partial charge in [-0.2, -0.15) is 0 Å². The summed E-state index contributed by atoms with van der Waals surface area (Å²) in [7, 11) is 0. The zero-order chi connectivity index (χ0) is 13.9. The number of carbonyl (C=O) groups is 2. The number of hydrogen-bond donors (Lipinski definition) is 1. The molecule has 18 heavy (non-hydrogen) atoms. The maximum atomic E-state index is 12.9. The van der Waals surface area contributed by atoms with Crippen LogP contribution in [0.2, 0.25) is 0 Å². The highest BCUT2D eigenvalue weighted by Gasteiger charge is 2.23. The van der Waals surface area contributed by atoms with Crippen LogP contribution in [0.3, 0.4) is 0 Å². The number of Topliss-reactive ketones (excluding diaryl/α,β-unsaturated/α-hetero) is 1. The van der Waals surface area contributed by atoms with E-state index < -0.39 is 33.7 Å². The Morgan fingerprint density at radius 2 is 1.89 bits per heavy atom. The lowest BCUT2D eigenvalue weighted by Gasteiger charge is -2.04. The predicted molar refractivity (Wildman–Crippen MR) is 56.0 cm³/mol. The largest absolute Gasteiger partial charge is 0.345 e. The van der Waals surface area contributed by atoms with Crippen LogP contribution >= 0.6 is 0 Å². The Balaban J connectivity index is 3.13. The number of nitrogens with zero attached hydrogens (tertiary/aromatic N) is 1. The lowest BCUT2D eigenvalue weighted by Crippen LogP contribution is -2.29. The SMILES string of the molecule is CC(=O)CNC(=O)c1cc(F)c(F)cc1[N+](=O)[O-]. The molecular formula is C10H8F2N2O4. The number of ketones is 1. The first-order chi connectivity index (χ1) is 8.32. The van der Waals surface area contributed by atoms with Gasteiger partial charge in [-0.3, -0.25) is 19.7 Å². The highest BCUT2D eigenvalue weighted by Crippen LogP contribution is 2.22. The lowest BCUT2D eigenvalue weighted by molar-refractivity contribution is -0.385. The van der Waals surface area contributed by atoms with Crippen LogP contribution in [-0.4, -0.2) is 23.2 Å². The summed E-state index contributed by atoms with van der Waals surface area (Å²) in [6.07, 6.45) is 0. The summed E-state index contributed by atoms with van der Waals surface area (Å²) in [5, 5.41) is 12.7. The third kappa shape index (κ3) is 3.06. The van der Waals surface area contributed by atoms with Gasteiger partial charge in [0.25, 0.3) is 11.6 Å². The van der Waals surface area contributed by atoms with Gasteiger partial charge in [0, 0.05) is 0 Å². The maximum absolute atomic E-state index is 12.9. The van der Waals surface area contributed by atoms with Crippen molar-refractivity contribution in [1.82, 2.24) is 5.32 Å². The van der Waals surface area contributed by atoms with E-state index in [4.69, 9.17) is 0 Å². The molecule has 1 amide bonds. The second-order valence-corrected chi connectivity index (χ2v) is 3.43. The number of carbonyl (C=O) groups excluding carboxylic acids is 2. The fourth-order valence-corrected chi connectivity index (χ4v) is 1.17. The van der Waals surface area contributed by atoms with Gasteiger partial charge in [-0.05, 0) is 13.0 Å². The number of hydrogen-bond acceptors (Lipinski definition) is 4. The minimum atomic E-state index is -1.43. The van der Waals surface area contributed by atoms with Crippen LogP contribution < -0.4 is 5.32 Å². The van der Waals surface area contributed by atoms with Crippen molar-refractivity contribution in [2.75, 3.05) is 6.54 Å². The Kier molecular flexibility index (Phi) is 4.03. The number of nitrogens with one attached hydrogen (secondary N) is 1. The summed E-state index contributed by atoms with van der Waals surface area (Å²) in [5.74, 6) is -4.21. The van der Waals surface area contributed by atoms with E-state index in [2.05, 4.69) is 5.32 Å². The molecule has 0 aromatic heterocycles. The monoisotopic (exact) mass is 258 g/mol.